The van der Waals surface area contributed by atoms with E-state index in [1.165, 1.54) is 4.88 Å². The number of halogens is 1. The number of pyridine rings is 1. The lowest BCUT2D eigenvalue weighted by Gasteiger charge is -2.10. The summed E-state index contributed by atoms with van der Waals surface area (Å²) in [6.45, 7) is 6.30. The molecule has 0 fully saturated rings. The molecule has 0 bridgehead atoms. The van der Waals surface area contributed by atoms with Gasteiger partial charge in [0, 0.05) is 30.4 Å². The highest BCUT2D eigenvalue weighted by atomic mass is 35.5. The van der Waals surface area contributed by atoms with Gasteiger partial charge in [0.2, 0.25) is 0 Å². The Balaban J connectivity index is 1.84. The van der Waals surface area contributed by atoms with E-state index in [0.29, 0.717) is 11.7 Å². The number of guanidine groups is 1. The molecular weight excluding hydrogens is 318 g/mol. The molecule has 0 aliphatic rings. The van der Waals surface area contributed by atoms with Crippen molar-refractivity contribution in [2.75, 3.05) is 13.1 Å². The van der Waals surface area contributed by atoms with Gasteiger partial charge in [0.05, 0.1) is 6.54 Å². The average Bonchev–Trinajstić information content (AvgIpc) is 2.92. The van der Waals surface area contributed by atoms with Gasteiger partial charge in [0.1, 0.15) is 10.2 Å². The van der Waals surface area contributed by atoms with Crippen molar-refractivity contribution in [2.24, 2.45) is 4.99 Å². The maximum Gasteiger partial charge on any atom is 0.191 e. The van der Waals surface area contributed by atoms with Gasteiger partial charge in [-0.15, -0.1) is 11.3 Å². The molecule has 0 atom stereocenters. The normalized spacial score (nSPS) is 11.5. The van der Waals surface area contributed by atoms with Crippen molar-refractivity contribution in [1.82, 2.24) is 20.6 Å². The van der Waals surface area contributed by atoms with Crippen molar-refractivity contribution in [3.05, 3.63) is 45.1 Å². The summed E-state index contributed by atoms with van der Waals surface area (Å²) in [6.07, 6.45) is 4.54. The molecule has 0 saturated carbocycles. The molecule has 0 unspecified atom stereocenters. The average molecular weight is 338 g/mol. The first kappa shape index (κ1) is 16.7. The molecule has 0 aromatic carbocycles. The minimum absolute atomic E-state index is 0.519. The number of hydrogen-bond donors (Lipinski definition) is 2. The topological polar surface area (TPSA) is 62.2 Å². The van der Waals surface area contributed by atoms with Crippen LogP contribution in [0.2, 0.25) is 5.15 Å². The van der Waals surface area contributed by atoms with Crippen LogP contribution in [-0.2, 0) is 13.0 Å². The van der Waals surface area contributed by atoms with Gasteiger partial charge in [-0.3, -0.25) is 0 Å². The fourth-order valence-corrected chi connectivity index (χ4v) is 2.67. The highest BCUT2D eigenvalue weighted by Crippen LogP contribution is 2.11. The molecule has 2 heterocycles. The van der Waals surface area contributed by atoms with E-state index in [1.807, 2.05) is 19.2 Å². The van der Waals surface area contributed by atoms with E-state index < -0.39 is 0 Å². The zero-order valence-corrected chi connectivity index (χ0v) is 14.3. The summed E-state index contributed by atoms with van der Waals surface area (Å²) in [4.78, 5) is 14.2. The van der Waals surface area contributed by atoms with Crippen LogP contribution in [0.15, 0.2) is 29.5 Å². The molecule has 118 valence electrons. The van der Waals surface area contributed by atoms with Gasteiger partial charge in [-0.1, -0.05) is 17.7 Å². The predicted molar refractivity (Wildman–Crippen MR) is 92.6 cm³/mol. The van der Waals surface area contributed by atoms with Crippen LogP contribution in [0, 0.1) is 6.92 Å². The van der Waals surface area contributed by atoms with Gasteiger partial charge in [0.25, 0.3) is 0 Å². The summed E-state index contributed by atoms with van der Waals surface area (Å²) < 4.78 is 0. The largest absolute Gasteiger partial charge is 0.357 e. The van der Waals surface area contributed by atoms with Crippen LogP contribution < -0.4 is 10.6 Å². The molecule has 2 rings (SSSR count). The van der Waals surface area contributed by atoms with E-state index in [0.717, 1.165) is 36.0 Å². The lowest BCUT2D eigenvalue weighted by Crippen LogP contribution is -2.38. The summed E-state index contributed by atoms with van der Waals surface area (Å²) in [7, 11) is 0. The monoisotopic (exact) mass is 337 g/mol. The third-order valence-electron chi connectivity index (χ3n) is 2.88. The van der Waals surface area contributed by atoms with E-state index in [4.69, 9.17) is 11.6 Å². The zero-order chi connectivity index (χ0) is 15.8. The smallest absolute Gasteiger partial charge is 0.191 e. The molecule has 0 radical (unpaired) electrons. The Kier molecular flexibility index (Phi) is 6.61. The highest BCUT2D eigenvalue weighted by molar-refractivity contribution is 7.11. The van der Waals surface area contributed by atoms with Gasteiger partial charge in [-0.2, -0.15) is 0 Å². The second-order valence-corrected chi connectivity index (χ2v) is 6.43. The van der Waals surface area contributed by atoms with Crippen LogP contribution in [0.1, 0.15) is 22.4 Å². The van der Waals surface area contributed by atoms with Crippen LogP contribution >= 0.6 is 22.9 Å². The fourth-order valence-electron chi connectivity index (χ4n) is 1.84. The third-order valence-corrected chi connectivity index (χ3v) is 4.00. The van der Waals surface area contributed by atoms with Crippen LogP contribution in [0.3, 0.4) is 0 Å². The summed E-state index contributed by atoms with van der Waals surface area (Å²) in [6, 6.07) is 3.79. The summed E-state index contributed by atoms with van der Waals surface area (Å²) in [5, 5.41) is 8.09. The number of aliphatic imine (C=N–C) groups is 1. The van der Waals surface area contributed by atoms with Crippen molar-refractivity contribution >= 4 is 28.9 Å². The lowest BCUT2D eigenvalue weighted by molar-refractivity contribution is 0.797. The Morgan fingerprint density at radius 3 is 2.77 bits per heavy atom. The van der Waals surface area contributed by atoms with Gasteiger partial charge in [0.15, 0.2) is 5.96 Å². The number of aryl methyl sites for hydroxylation is 1. The quantitative estimate of drug-likeness (QED) is 0.483. The van der Waals surface area contributed by atoms with Crippen LogP contribution in [0.5, 0.6) is 0 Å². The molecule has 2 aromatic heterocycles. The number of nitrogens with zero attached hydrogens (tertiary/aromatic N) is 3. The standard InChI is InChI=1S/C15H20ClN5S/c1-3-17-15(21-10-14-20-8-11(2)22-14)18-7-6-12-4-5-13(16)19-9-12/h4-5,8-9H,3,6-7,10H2,1-2H3,(H2,17,18,21). The number of aromatic nitrogens is 2. The Bertz CT molecular complexity index is 609. The molecular formula is C15H20ClN5S. The van der Waals surface area contributed by atoms with E-state index in [9.17, 15) is 0 Å². The molecule has 0 amide bonds. The zero-order valence-electron chi connectivity index (χ0n) is 12.8. The van der Waals surface area contributed by atoms with Gasteiger partial charge in [-0.25, -0.2) is 15.0 Å². The Labute approximate surface area is 139 Å². The van der Waals surface area contributed by atoms with Gasteiger partial charge < -0.3 is 10.6 Å². The highest BCUT2D eigenvalue weighted by Gasteiger charge is 2.01. The second-order valence-electron chi connectivity index (χ2n) is 4.73. The summed E-state index contributed by atoms with van der Waals surface area (Å²) in [5.74, 6) is 0.803. The molecule has 22 heavy (non-hydrogen) atoms. The minimum Gasteiger partial charge on any atom is -0.357 e. The maximum atomic E-state index is 5.78. The lowest BCUT2D eigenvalue weighted by atomic mass is 10.2. The molecule has 0 aliphatic carbocycles. The third kappa shape index (κ3) is 5.61. The van der Waals surface area contributed by atoms with Gasteiger partial charge >= 0.3 is 0 Å². The fraction of sp³-hybridized carbons (Fsp3) is 0.400. The molecule has 7 heteroatoms. The molecule has 0 spiro atoms. The van der Waals surface area contributed by atoms with Crippen molar-refractivity contribution in [3.8, 4) is 0 Å². The van der Waals surface area contributed by atoms with Crippen LogP contribution in [-0.4, -0.2) is 29.0 Å². The Morgan fingerprint density at radius 1 is 1.27 bits per heavy atom. The SMILES string of the molecule is CCNC(=NCc1ncc(C)s1)NCCc1ccc(Cl)nc1. The predicted octanol–water partition coefficient (Wildman–Crippen LogP) is 2.80. The first-order chi connectivity index (χ1) is 10.7. The molecule has 2 aromatic rings. The van der Waals surface area contributed by atoms with Crippen molar-refractivity contribution in [2.45, 2.75) is 26.8 Å². The number of rotatable bonds is 6. The van der Waals surface area contributed by atoms with E-state index in [2.05, 4.69) is 32.5 Å². The minimum atomic E-state index is 0.519. The van der Waals surface area contributed by atoms with Gasteiger partial charge in [-0.05, 0) is 31.9 Å². The van der Waals surface area contributed by atoms with Crippen molar-refractivity contribution in [1.29, 1.82) is 0 Å². The number of hydrogen-bond acceptors (Lipinski definition) is 4. The molecule has 0 saturated heterocycles. The van der Waals surface area contributed by atoms with Crippen molar-refractivity contribution < 1.29 is 0 Å². The maximum absolute atomic E-state index is 5.78. The van der Waals surface area contributed by atoms with Crippen LogP contribution in [0.4, 0.5) is 0 Å². The second kappa shape index (κ2) is 8.70. The Hall–Kier alpha value is -1.66. The Morgan fingerprint density at radius 2 is 2.14 bits per heavy atom. The van der Waals surface area contributed by atoms with E-state index >= 15 is 0 Å². The number of nitrogens with one attached hydrogen (secondary N) is 2. The first-order valence-corrected chi connectivity index (χ1v) is 8.40. The van der Waals surface area contributed by atoms with Crippen LogP contribution in [0.25, 0.3) is 0 Å². The van der Waals surface area contributed by atoms with Crippen molar-refractivity contribution in [3.63, 3.8) is 0 Å². The molecule has 2 N–H and O–H groups in total. The first-order valence-electron chi connectivity index (χ1n) is 7.21. The molecule has 5 nitrogen and oxygen atoms in total. The summed E-state index contributed by atoms with van der Waals surface area (Å²) in [5.41, 5.74) is 1.14. The molecule has 0 aliphatic heterocycles. The number of thiazole rings is 1. The van der Waals surface area contributed by atoms with E-state index in [1.54, 1.807) is 23.6 Å². The van der Waals surface area contributed by atoms with E-state index in [-0.39, 0.29) is 0 Å². The summed E-state index contributed by atoms with van der Waals surface area (Å²) >= 11 is 7.45.